The van der Waals surface area contributed by atoms with E-state index in [2.05, 4.69) is 23.1 Å². The van der Waals surface area contributed by atoms with Gasteiger partial charge in [0, 0.05) is 25.2 Å². The van der Waals surface area contributed by atoms with Crippen LogP contribution in [0, 0.1) is 0 Å². The summed E-state index contributed by atoms with van der Waals surface area (Å²) in [7, 11) is 1.67. The van der Waals surface area contributed by atoms with E-state index < -0.39 is 0 Å². The van der Waals surface area contributed by atoms with Crippen molar-refractivity contribution in [3.8, 4) is 11.5 Å². The number of ether oxygens (including phenoxy) is 2. The summed E-state index contributed by atoms with van der Waals surface area (Å²) in [5.74, 6) is 1.42. The predicted molar refractivity (Wildman–Crippen MR) is 133 cm³/mol. The second-order valence-corrected chi connectivity index (χ2v) is 8.67. The molecule has 1 saturated heterocycles. The van der Waals surface area contributed by atoms with E-state index in [1.807, 2.05) is 47.4 Å². The van der Waals surface area contributed by atoms with Crippen molar-refractivity contribution in [3.05, 3.63) is 71.8 Å². The smallest absolute Gasteiger partial charge is 0.251 e. The predicted octanol–water partition coefficient (Wildman–Crippen LogP) is 4.93. The van der Waals surface area contributed by atoms with Gasteiger partial charge in [-0.2, -0.15) is 0 Å². The van der Waals surface area contributed by atoms with Crippen LogP contribution in [0.5, 0.6) is 11.5 Å². The summed E-state index contributed by atoms with van der Waals surface area (Å²) >= 11 is 0. The molecule has 0 bridgehead atoms. The monoisotopic (exact) mass is 442 g/mol. The van der Waals surface area contributed by atoms with Gasteiger partial charge in [0.2, 0.25) is 0 Å². The largest absolute Gasteiger partial charge is 0.493 e. The summed E-state index contributed by atoms with van der Waals surface area (Å²) in [6.45, 7) is 4.49. The number of carbonyl (C=O) groups is 1. The van der Waals surface area contributed by atoms with Gasteiger partial charge in [0.05, 0.1) is 12.8 Å². The second kappa shape index (κ2) is 9.67. The van der Waals surface area contributed by atoms with Crippen molar-refractivity contribution in [1.29, 1.82) is 0 Å². The second-order valence-electron chi connectivity index (χ2n) is 8.67. The Balaban J connectivity index is 1.33. The maximum absolute atomic E-state index is 13.1. The average Bonchev–Trinajstić information content (AvgIpc) is 3.51. The fraction of sp³-hybridized carbons (Fsp3) is 0.321. The third-order valence-corrected chi connectivity index (χ3v) is 6.62. The van der Waals surface area contributed by atoms with Crippen molar-refractivity contribution in [3.63, 3.8) is 0 Å². The quantitative estimate of drug-likeness (QED) is 0.487. The van der Waals surface area contributed by atoms with Gasteiger partial charge in [-0.1, -0.05) is 42.5 Å². The summed E-state index contributed by atoms with van der Waals surface area (Å²) in [6, 6.07) is 18.4. The first kappa shape index (κ1) is 21.5. The number of nitrogens with zero attached hydrogens (tertiary/aromatic N) is 2. The average molecular weight is 443 g/mol. The molecule has 0 atom stereocenters. The lowest BCUT2D eigenvalue weighted by molar-refractivity contribution is -0.114. The molecule has 1 fully saturated rings. The van der Waals surface area contributed by atoms with E-state index in [0.717, 1.165) is 54.0 Å². The number of carbonyl (C=O) groups excluding carboxylic acids is 1. The van der Waals surface area contributed by atoms with Gasteiger partial charge in [-0.05, 0) is 66.4 Å². The fourth-order valence-corrected chi connectivity index (χ4v) is 4.83. The third-order valence-electron chi connectivity index (χ3n) is 6.62. The number of benzene rings is 3. The first-order chi connectivity index (χ1) is 16.2. The van der Waals surface area contributed by atoms with Crippen LogP contribution in [-0.2, 0) is 11.2 Å². The van der Waals surface area contributed by atoms with Gasteiger partial charge < -0.3 is 14.4 Å². The van der Waals surface area contributed by atoms with Gasteiger partial charge in [0.25, 0.3) is 5.91 Å². The zero-order chi connectivity index (χ0) is 22.6. The maximum Gasteiger partial charge on any atom is 0.251 e. The van der Waals surface area contributed by atoms with Crippen LogP contribution in [0.1, 0.15) is 24.0 Å². The molecule has 5 nitrogen and oxygen atoms in total. The highest BCUT2D eigenvalue weighted by Crippen LogP contribution is 2.39. The molecule has 0 aliphatic carbocycles. The van der Waals surface area contributed by atoms with Gasteiger partial charge in [0.15, 0.2) is 11.5 Å². The highest BCUT2D eigenvalue weighted by molar-refractivity contribution is 6.06. The van der Waals surface area contributed by atoms with Gasteiger partial charge >= 0.3 is 0 Å². The molecule has 33 heavy (non-hydrogen) atoms. The Hall–Kier alpha value is -3.31. The Morgan fingerprint density at radius 3 is 2.67 bits per heavy atom. The SMILES string of the molecule is COc1cc2c(cc1OCCN1CCCC1)N(C(=O)/C=C/c1cccc3ccccc13)CC2. The van der Waals surface area contributed by atoms with E-state index in [9.17, 15) is 4.79 Å². The number of fused-ring (bicyclic) bond motifs is 2. The topological polar surface area (TPSA) is 42.0 Å². The maximum atomic E-state index is 13.1. The Bertz CT molecular complexity index is 1180. The highest BCUT2D eigenvalue weighted by atomic mass is 16.5. The Morgan fingerprint density at radius 2 is 1.82 bits per heavy atom. The molecule has 0 spiro atoms. The van der Waals surface area contributed by atoms with Crippen LogP contribution in [0.4, 0.5) is 5.69 Å². The van der Waals surface area contributed by atoms with Crippen LogP contribution in [0.3, 0.4) is 0 Å². The van der Waals surface area contributed by atoms with E-state index in [4.69, 9.17) is 9.47 Å². The van der Waals surface area contributed by atoms with Crippen molar-refractivity contribution in [2.75, 3.05) is 44.8 Å². The molecule has 1 amide bonds. The lowest BCUT2D eigenvalue weighted by Gasteiger charge is -2.19. The van der Waals surface area contributed by atoms with E-state index in [1.165, 1.54) is 18.2 Å². The number of methoxy groups -OCH3 is 1. The molecular weight excluding hydrogens is 412 g/mol. The molecule has 0 radical (unpaired) electrons. The summed E-state index contributed by atoms with van der Waals surface area (Å²) in [4.78, 5) is 17.4. The summed E-state index contributed by atoms with van der Waals surface area (Å²) in [5, 5.41) is 2.31. The lowest BCUT2D eigenvalue weighted by Crippen LogP contribution is -2.27. The minimum Gasteiger partial charge on any atom is -0.493 e. The standard InChI is InChI=1S/C28H30N2O3/c1-32-26-19-23-13-16-30(25(23)20-27(26)33-18-17-29-14-4-5-15-29)28(31)12-11-22-9-6-8-21-7-2-3-10-24(21)22/h2-3,6-12,19-20H,4-5,13-18H2,1H3/b12-11+. The van der Waals surface area contributed by atoms with Gasteiger partial charge in [-0.3, -0.25) is 9.69 Å². The number of amides is 1. The van der Waals surface area contributed by atoms with Crippen molar-refractivity contribution >= 4 is 28.4 Å². The minimum atomic E-state index is -0.0186. The number of anilines is 1. The van der Waals surface area contributed by atoms with E-state index in [-0.39, 0.29) is 5.91 Å². The van der Waals surface area contributed by atoms with Crippen molar-refractivity contribution in [2.24, 2.45) is 0 Å². The molecule has 0 N–H and O–H groups in total. The fourth-order valence-electron chi connectivity index (χ4n) is 4.83. The zero-order valence-corrected chi connectivity index (χ0v) is 19.1. The minimum absolute atomic E-state index is 0.0186. The zero-order valence-electron chi connectivity index (χ0n) is 19.1. The molecule has 2 aliphatic rings. The van der Waals surface area contributed by atoms with Gasteiger partial charge in [-0.15, -0.1) is 0 Å². The van der Waals surface area contributed by atoms with Gasteiger partial charge in [-0.25, -0.2) is 0 Å². The summed E-state index contributed by atoms with van der Waals surface area (Å²) in [5.41, 5.74) is 3.08. The lowest BCUT2D eigenvalue weighted by atomic mass is 10.0. The van der Waals surface area contributed by atoms with E-state index >= 15 is 0 Å². The molecule has 0 aromatic heterocycles. The molecule has 3 aromatic rings. The molecular formula is C28H30N2O3. The van der Waals surface area contributed by atoms with Crippen molar-refractivity contribution in [2.45, 2.75) is 19.3 Å². The van der Waals surface area contributed by atoms with Gasteiger partial charge in [0.1, 0.15) is 6.61 Å². The molecule has 3 aromatic carbocycles. The van der Waals surface area contributed by atoms with Crippen LogP contribution >= 0.6 is 0 Å². The van der Waals surface area contributed by atoms with Crippen LogP contribution in [-0.4, -0.2) is 50.7 Å². The first-order valence-electron chi connectivity index (χ1n) is 11.8. The molecule has 170 valence electrons. The Kier molecular flexibility index (Phi) is 6.31. The third kappa shape index (κ3) is 4.60. The molecule has 5 rings (SSSR count). The van der Waals surface area contributed by atoms with E-state index in [1.54, 1.807) is 13.2 Å². The molecule has 5 heteroatoms. The molecule has 0 saturated carbocycles. The van der Waals surface area contributed by atoms with Crippen LogP contribution in [0.15, 0.2) is 60.7 Å². The Morgan fingerprint density at radius 1 is 1.00 bits per heavy atom. The normalized spacial score (nSPS) is 16.0. The van der Waals surface area contributed by atoms with E-state index in [0.29, 0.717) is 18.9 Å². The number of rotatable bonds is 7. The summed E-state index contributed by atoms with van der Waals surface area (Å²) in [6.07, 6.45) is 6.94. The molecule has 0 unspecified atom stereocenters. The number of hydrogen-bond acceptors (Lipinski definition) is 4. The highest BCUT2D eigenvalue weighted by Gasteiger charge is 2.26. The van der Waals surface area contributed by atoms with Crippen LogP contribution in [0.2, 0.25) is 0 Å². The first-order valence-corrected chi connectivity index (χ1v) is 11.8. The van der Waals surface area contributed by atoms with Crippen LogP contribution < -0.4 is 14.4 Å². The van der Waals surface area contributed by atoms with Crippen LogP contribution in [0.25, 0.3) is 16.8 Å². The Labute approximate surface area is 195 Å². The number of likely N-dealkylation sites (tertiary alicyclic amines) is 1. The number of hydrogen-bond donors (Lipinski definition) is 0. The van der Waals surface area contributed by atoms with Crippen molar-refractivity contribution < 1.29 is 14.3 Å². The molecule has 2 aliphatic heterocycles. The molecule has 2 heterocycles. The van der Waals surface area contributed by atoms with Crippen molar-refractivity contribution in [1.82, 2.24) is 4.90 Å². The summed E-state index contributed by atoms with van der Waals surface area (Å²) < 4.78 is 11.7.